The summed E-state index contributed by atoms with van der Waals surface area (Å²) in [6.07, 6.45) is 2.44. The fourth-order valence-corrected chi connectivity index (χ4v) is 3.41. The number of nitrogen functional groups attached to an aromatic ring is 1. The van der Waals surface area contributed by atoms with E-state index < -0.39 is 11.6 Å². The first-order chi connectivity index (χ1) is 13.0. The van der Waals surface area contributed by atoms with Gasteiger partial charge in [0.2, 0.25) is 5.95 Å². The molecular weight excluding hydrogens is 352 g/mol. The van der Waals surface area contributed by atoms with E-state index in [1.54, 1.807) is 7.05 Å². The normalized spacial score (nSPS) is 14.9. The van der Waals surface area contributed by atoms with E-state index in [-0.39, 0.29) is 11.3 Å². The number of nitrogens with one attached hydrogen (secondary N) is 1. The summed E-state index contributed by atoms with van der Waals surface area (Å²) in [4.78, 5) is 11.2. The standard InChI is InChI=1S/C18H21F2N7/c1-26-16(21)13-15(11-5-4-6-12(19)14(11)20)23-18(24-17(13)25-26)22-7-10-27-8-2-3-9-27/h4-6H,2-3,7-10,21H2,1H3,(H,22,24,25). The number of halogens is 2. The largest absolute Gasteiger partial charge is 0.383 e. The van der Waals surface area contributed by atoms with Crippen molar-refractivity contribution in [1.82, 2.24) is 24.6 Å². The van der Waals surface area contributed by atoms with Crippen LogP contribution in [-0.4, -0.2) is 50.8 Å². The molecule has 2 aromatic heterocycles. The molecule has 3 N–H and O–H groups in total. The number of fused-ring (bicyclic) bond motifs is 1. The van der Waals surface area contributed by atoms with Crippen LogP contribution in [0.3, 0.4) is 0 Å². The fourth-order valence-electron chi connectivity index (χ4n) is 3.41. The Morgan fingerprint density at radius 2 is 1.96 bits per heavy atom. The van der Waals surface area contributed by atoms with Gasteiger partial charge in [-0.05, 0) is 38.1 Å². The minimum atomic E-state index is -0.969. The summed E-state index contributed by atoms with van der Waals surface area (Å²) in [5, 5.41) is 7.85. The zero-order valence-corrected chi connectivity index (χ0v) is 15.0. The molecule has 0 radical (unpaired) electrons. The first kappa shape index (κ1) is 17.6. The van der Waals surface area contributed by atoms with Crippen LogP contribution in [0, 0.1) is 11.6 Å². The molecule has 4 rings (SSSR count). The van der Waals surface area contributed by atoms with Gasteiger partial charge in [0.15, 0.2) is 17.3 Å². The van der Waals surface area contributed by atoms with Gasteiger partial charge in [-0.2, -0.15) is 10.1 Å². The number of aryl methyl sites for hydroxylation is 1. The Kier molecular flexibility index (Phi) is 4.61. The van der Waals surface area contributed by atoms with Gasteiger partial charge in [0.25, 0.3) is 0 Å². The third kappa shape index (κ3) is 3.30. The lowest BCUT2D eigenvalue weighted by Gasteiger charge is -2.15. The van der Waals surface area contributed by atoms with Gasteiger partial charge in [-0.25, -0.2) is 13.8 Å². The summed E-state index contributed by atoms with van der Waals surface area (Å²) in [5.41, 5.74) is 6.67. The third-order valence-corrected chi connectivity index (χ3v) is 4.86. The molecule has 3 heterocycles. The summed E-state index contributed by atoms with van der Waals surface area (Å²) >= 11 is 0. The van der Waals surface area contributed by atoms with Crippen molar-refractivity contribution in [2.45, 2.75) is 12.8 Å². The maximum absolute atomic E-state index is 14.4. The summed E-state index contributed by atoms with van der Waals surface area (Å²) in [7, 11) is 1.67. The Labute approximate surface area is 155 Å². The molecule has 1 aromatic carbocycles. The fraction of sp³-hybridized carbons (Fsp3) is 0.389. The van der Waals surface area contributed by atoms with E-state index in [9.17, 15) is 8.78 Å². The molecule has 3 aromatic rings. The monoisotopic (exact) mass is 373 g/mol. The summed E-state index contributed by atoms with van der Waals surface area (Å²) in [5.74, 6) is -1.29. The average molecular weight is 373 g/mol. The maximum Gasteiger partial charge on any atom is 0.225 e. The van der Waals surface area contributed by atoms with Gasteiger partial charge in [-0.15, -0.1) is 0 Å². The van der Waals surface area contributed by atoms with E-state index in [0.29, 0.717) is 29.3 Å². The lowest BCUT2D eigenvalue weighted by molar-refractivity contribution is 0.352. The first-order valence-electron chi connectivity index (χ1n) is 8.95. The zero-order valence-electron chi connectivity index (χ0n) is 15.0. The average Bonchev–Trinajstić information content (AvgIpc) is 3.26. The Bertz CT molecular complexity index is 979. The lowest BCUT2D eigenvalue weighted by Crippen LogP contribution is -2.26. The van der Waals surface area contributed by atoms with Gasteiger partial charge >= 0.3 is 0 Å². The Morgan fingerprint density at radius 1 is 1.19 bits per heavy atom. The van der Waals surface area contributed by atoms with Crippen LogP contribution in [0.25, 0.3) is 22.3 Å². The highest BCUT2D eigenvalue weighted by Crippen LogP contribution is 2.33. The Hall–Kier alpha value is -2.81. The van der Waals surface area contributed by atoms with Crippen molar-refractivity contribution in [1.29, 1.82) is 0 Å². The van der Waals surface area contributed by atoms with E-state index in [1.165, 1.54) is 29.7 Å². The molecule has 0 atom stereocenters. The highest BCUT2D eigenvalue weighted by molar-refractivity contribution is 5.99. The van der Waals surface area contributed by atoms with Gasteiger partial charge < -0.3 is 16.0 Å². The van der Waals surface area contributed by atoms with Crippen LogP contribution in [0.5, 0.6) is 0 Å². The van der Waals surface area contributed by atoms with Gasteiger partial charge in [0.05, 0.1) is 11.1 Å². The quantitative estimate of drug-likeness (QED) is 0.714. The number of nitrogens with two attached hydrogens (primary N) is 1. The summed E-state index contributed by atoms with van der Waals surface area (Å²) in [6, 6.07) is 3.98. The molecular formula is C18H21F2N7. The molecule has 0 bridgehead atoms. The topological polar surface area (TPSA) is 84.9 Å². The second-order valence-corrected chi connectivity index (χ2v) is 6.68. The minimum Gasteiger partial charge on any atom is -0.383 e. The van der Waals surface area contributed by atoms with Crippen molar-refractivity contribution in [2.24, 2.45) is 7.05 Å². The number of aromatic nitrogens is 4. The van der Waals surface area contributed by atoms with Crippen LogP contribution in [-0.2, 0) is 7.05 Å². The van der Waals surface area contributed by atoms with Gasteiger partial charge in [-0.3, -0.25) is 4.68 Å². The van der Waals surface area contributed by atoms with E-state index in [4.69, 9.17) is 5.73 Å². The van der Waals surface area contributed by atoms with Crippen LogP contribution in [0.4, 0.5) is 20.5 Å². The number of anilines is 2. The van der Waals surface area contributed by atoms with Gasteiger partial charge in [0, 0.05) is 25.7 Å². The van der Waals surface area contributed by atoms with Crippen LogP contribution in [0.2, 0.25) is 0 Å². The molecule has 142 valence electrons. The number of rotatable bonds is 5. The van der Waals surface area contributed by atoms with Crippen molar-refractivity contribution in [2.75, 3.05) is 37.2 Å². The number of likely N-dealkylation sites (tertiary alicyclic amines) is 1. The zero-order chi connectivity index (χ0) is 19.0. The number of benzene rings is 1. The molecule has 1 saturated heterocycles. The van der Waals surface area contributed by atoms with Gasteiger partial charge in [0.1, 0.15) is 5.82 Å². The van der Waals surface area contributed by atoms with Crippen LogP contribution in [0.1, 0.15) is 12.8 Å². The first-order valence-corrected chi connectivity index (χ1v) is 8.95. The van der Waals surface area contributed by atoms with Crippen molar-refractivity contribution >= 4 is 22.8 Å². The molecule has 1 aliphatic heterocycles. The smallest absolute Gasteiger partial charge is 0.225 e. The molecule has 0 unspecified atom stereocenters. The van der Waals surface area contributed by atoms with Crippen molar-refractivity contribution in [3.8, 4) is 11.3 Å². The molecule has 0 saturated carbocycles. The van der Waals surface area contributed by atoms with Crippen molar-refractivity contribution in [3.63, 3.8) is 0 Å². The van der Waals surface area contributed by atoms with Crippen LogP contribution >= 0.6 is 0 Å². The molecule has 0 amide bonds. The molecule has 0 aliphatic carbocycles. The number of hydrogen-bond donors (Lipinski definition) is 2. The highest BCUT2D eigenvalue weighted by Gasteiger charge is 2.21. The predicted molar refractivity (Wildman–Crippen MR) is 100 cm³/mol. The predicted octanol–water partition coefficient (Wildman–Crippen LogP) is 2.40. The lowest BCUT2D eigenvalue weighted by atomic mass is 10.1. The Morgan fingerprint density at radius 3 is 2.74 bits per heavy atom. The number of nitrogens with zero attached hydrogens (tertiary/aromatic N) is 5. The molecule has 1 aliphatic rings. The number of hydrogen-bond acceptors (Lipinski definition) is 6. The van der Waals surface area contributed by atoms with Crippen LogP contribution in [0.15, 0.2) is 18.2 Å². The SMILES string of the molecule is Cn1nc2nc(NCCN3CCCC3)nc(-c3cccc(F)c3F)c2c1N. The van der Waals surface area contributed by atoms with Crippen molar-refractivity contribution in [3.05, 3.63) is 29.8 Å². The maximum atomic E-state index is 14.4. The van der Waals surface area contributed by atoms with Crippen molar-refractivity contribution < 1.29 is 8.78 Å². The summed E-state index contributed by atoms with van der Waals surface area (Å²) < 4.78 is 29.6. The molecule has 7 nitrogen and oxygen atoms in total. The Balaban J connectivity index is 1.72. The highest BCUT2D eigenvalue weighted by atomic mass is 19.2. The second kappa shape index (κ2) is 7.07. The van der Waals surface area contributed by atoms with E-state index in [2.05, 4.69) is 25.3 Å². The summed E-state index contributed by atoms with van der Waals surface area (Å²) in [6.45, 7) is 3.71. The third-order valence-electron chi connectivity index (χ3n) is 4.86. The molecule has 27 heavy (non-hydrogen) atoms. The second-order valence-electron chi connectivity index (χ2n) is 6.68. The van der Waals surface area contributed by atoms with E-state index >= 15 is 0 Å². The van der Waals surface area contributed by atoms with E-state index in [1.807, 2.05) is 0 Å². The van der Waals surface area contributed by atoms with Crippen LogP contribution < -0.4 is 11.1 Å². The molecule has 9 heteroatoms. The van der Waals surface area contributed by atoms with E-state index in [0.717, 1.165) is 25.7 Å². The molecule has 1 fully saturated rings. The minimum absolute atomic E-state index is 0.0321. The molecule has 0 spiro atoms. The van der Waals surface area contributed by atoms with Gasteiger partial charge in [-0.1, -0.05) is 6.07 Å².